The highest BCUT2D eigenvalue weighted by Crippen LogP contribution is 2.30. The Labute approximate surface area is 111 Å². The van der Waals surface area contributed by atoms with Crippen molar-refractivity contribution in [1.29, 1.82) is 0 Å². The van der Waals surface area contributed by atoms with Gasteiger partial charge in [0.25, 0.3) is 0 Å². The number of nitrogens with zero attached hydrogens (tertiary/aromatic N) is 1. The van der Waals surface area contributed by atoms with Crippen molar-refractivity contribution >= 4 is 0 Å². The molecule has 2 saturated heterocycles. The summed E-state index contributed by atoms with van der Waals surface area (Å²) in [4.78, 5) is 2.43. The van der Waals surface area contributed by atoms with Gasteiger partial charge >= 0.3 is 0 Å². The van der Waals surface area contributed by atoms with Crippen molar-refractivity contribution in [2.45, 2.75) is 38.7 Å². The number of ether oxygens (including phenoxy) is 1. The zero-order valence-corrected chi connectivity index (χ0v) is 11.7. The Morgan fingerprint density at radius 2 is 2.33 bits per heavy atom. The van der Waals surface area contributed by atoms with E-state index in [1.165, 1.54) is 12.8 Å². The first-order chi connectivity index (χ1) is 8.74. The smallest absolute Gasteiger partial charge is 0.0667 e. The Kier molecular flexibility index (Phi) is 5.42. The van der Waals surface area contributed by atoms with E-state index in [2.05, 4.69) is 17.1 Å². The van der Waals surface area contributed by atoms with Crippen molar-refractivity contribution < 1.29 is 9.84 Å². The van der Waals surface area contributed by atoms with Gasteiger partial charge in [-0.25, -0.2) is 0 Å². The number of hydrogen-bond acceptors (Lipinski definition) is 4. The summed E-state index contributed by atoms with van der Waals surface area (Å²) in [7, 11) is 0. The molecule has 0 spiro atoms. The maximum atomic E-state index is 9.78. The fourth-order valence-electron chi connectivity index (χ4n) is 3.27. The molecule has 0 aliphatic carbocycles. The summed E-state index contributed by atoms with van der Waals surface area (Å²) < 4.78 is 5.72. The third kappa shape index (κ3) is 3.92. The van der Waals surface area contributed by atoms with E-state index in [9.17, 15) is 5.11 Å². The second-order valence-electron chi connectivity index (χ2n) is 5.97. The standard InChI is InChI=1S/C14H28N2O2/c1-2-15-10-14(6-4-8-18-12-14)11-16-7-3-5-13(17)9-16/h13,15,17H,2-12H2,1H3. The molecular weight excluding hydrogens is 228 g/mol. The van der Waals surface area contributed by atoms with E-state index in [4.69, 9.17) is 4.74 Å². The van der Waals surface area contributed by atoms with Crippen molar-refractivity contribution in [3.05, 3.63) is 0 Å². The first-order valence-electron chi connectivity index (χ1n) is 7.43. The molecule has 0 radical (unpaired) electrons. The van der Waals surface area contributed by atoms with E-state index < -0.39 is 0 Å². The predicted octanol–water partition coefficient (Wildman–Crippen LogP) is 0.849. The maximum Gasteiger partial charge on any atom is 0.0667 e. The first-order valence-corrected chi connectivity index (χ1v) is 7.43. The van der Waals surface area contributed by atoms with Gasteiger partial charge in [-0.1, -0.05) is 6.92 Å². The summed E-state index contributed by atoms with van der Waals surface area (Å²) in [5, 5.41) is 13.3. The fraction of sp³-hybridized carbons (Fsp3) is 1.00. The van der Waals surface area contributed by atoms with Gasteiger partial charge in [0.2, 0.25) is 0 Å². The third-order valence-electron chi connectivity index (χ3n) is 4.19. The topological polar surface area (TPSA) is 44.7 Å². The minimum absolute atomic E-state index is 0.126. The molecule has 2 aliphatic rings. The molecule has 0 saturated carbocycles. The van der Waals surface area contributed by atoms with Crippen LogP contribution in [0.15, 0.2) is 0 Å². The Balaban J connectivity index is 1.91. The van der Waals surface area contributed by atoms with Crippen LogP contribution in [0.5, 0.6) is 0 Å². The number of aliphatic hydroxyl groups is 1. The van der Waals surface area contributed by atoms with Gasteiger partial charge in [-0.05, 0) is 38.8 Å². The molecule has 2 N–H and O–H groups in total. The minimum Gasteiger partial charge on any atom is -0.392 e. The molecule has 106 valence electrons. The molecule has 2 atom stereocenters. The Morgan fingerprint density at radius 3 is 3.00 bits per heavy atom. The highest BCUT2D eigenvalue weighted by Gasteiger charge is 2.35. The Hall–Kier alpha value is -0.160. The number of hydrogen-bond donors (Lipinski definition) is 2. The van der Waals surface area contributed by atoms with Gasteiger partial charge < -0.3 is 20.1 Å². The molecule has 2 rings (SSSR count). The molecule has 2 unspecified atom stereocenters. The van der Waals surface area contributed by atoms with Crippen molar-refractivity contribution in [2.24, 2.45) is 5.41 Å². The molecule has 4 nitrogen and oxygen atoms in total. The number of piperidine rings is 1. The normalized spacial score (nSPS) is 34.7. The molecule has 18 heavy (non-hydrogen) atoms. The Bertz CT molecular complexity index is 242. The molecule has 2 fully saturated rings. The summed E-state index contributed by atoms with van der Waals surface area (Å²) in [6.07, 6.45) is 4.38. The van der Waals surface area contributed by atoms with Gasteiger partial charge in [0, 0.05) is 31.7 Å². The number of aliphatic hydroxyl groups excluding tert-OH is 1. The van der Waals surface area contributed by atoms with Gasteiger partial charge in [0.15, 0.2) is 0 Å². The van der Waals surface area contributed by atoms with Crippen LogP contribution < -0.4 is 5.32 Å². The number of β-amino-alcohol motifs (C(OH)–C–C–N with tert-alkyl or cyclic N) is 1. The lowest BCUT2D eigenvalue weighted by Gasteiger charge is -2.42. The molecular formula is C14H28N2O2. The summed E-state index contributed by atoms with van der Waals surface area (Å²) in [5.74, 6) is 0. The van der Waals surface area contributed by atoms with Gasteiger partial charge in [-0.3, -0.25) is 0 Å². The second kappa shape index (κ2) is 6.85. The van der Waals surface area contributed by atoms with Crippen LogP contribution in [0.1, 0.15) is 32.6 Å². The highest BCUT2D eigenvalue weighted by atomic mass is 16.5. The van der Waals surface area contributed by atoms with E-state index in [0.29, 0.717) is 0 Å². The molecule has 0 aromatic heterocycles. The molecule has 0 bridgehead atoms. The Morgan fingerprint density at radius 1 is 1.44 bits per heavy atom. The monoisotopic (exact) mass is 256 g/mol. The molecule has 0 amide bonds. The van der Waals surface area contributed by atoms with Crippen LogP contribution in [0.25, 0.3) is 0 Å². The van der Waals surface area contributed by atoms with Crippen LogP contribution >= 0.6 is 0 Å². The third-order valence-corrected chi connectivity index (χ3v) is 4.19. The molecule has 2 aliphatic heterocycles. The van der Waals surface area contributed by atoms with Crippen LogP contribution in [0.2, 0.25) is 0 Å². The van der Waals surface area contributed by atoms with Gasteiger partial charge in [0.1, 0.15) is 0 Å². The first kappa shape index (κ1) is 14.3. The lowest BCUT2D eigenvalue weighted by molar-refractivity contribution is -0.0385. The maximum absolute atomic E-state index is 9.78. The molecule has 0 aromatic rings. The lowest BCUT2D eigenvalue weighted by Crippen LogP contribution is -2.51. The number of nitrogens with one attached hydrogen (secondary N) is 1. The fourth-order valence-corrected chi connectivity index (χ4v) is 3.27. The van der Waals surface area contributed by atoms with Crippen LogP contribution in [-0.4, -0.2) is 62.0 Å². The van der Waals surface area contributed by atoms with Crippen molar-refractivity contribution in [1.82, 2.24) is 10.2 Å². The SMILES string of the molecule is CCNCC1(CN2CCCC(O)C2)CCCOC1. The minimum atomic E-state index is -0.126. The summed E-state index contributed by atoms with van der Waals surface area (Å²) >= 11 is 0. The summed E-state index contributed by atoms with van der Waals surface area (Å²) in [6.45, 7) is 9.03. The van der Waals surface area contributed by atoms with Crippen molar-refractivity contribution in [3.8, 4) is 0 Å². The van der Waals surface area contributed by atoms with Crippen LogP contribution in [-0.2, 0) is 4.74 Å². The highest BCUT2D eigenvalue weighted by molar-refractivity contribution is 4.88. The van der Waals surface area contributed by atoms with Crippen LogP contribution in [0.4, 0.5) is 0 Å². The van der Waals surface area contributed by atoms with Crippen LogP contribution in [0.3, 0.4) is 0 Å². The van der Waals surface area contributed by atoms with Gasteiger partial charge in [-0.2, -0.15) is 0 Å². The van der Waals surface area contributed by atoms with E-state index in [-0.39, 0.29) is 11.5 Å². The second-order valence-corrected chi connectivity index (χ2v) is 5.97. The lowest BCUT2D eigenvalue weighted by atomic mass is 9.81. The van der Waals surface area contributed by atoms with E-state index in [0.717, 1.165) is 58.8 Å². The predicted molar refractivity (Wildman–Crippen MR) is 72.7 cm³/mol. The van der Waals surface area contributed by atoms with Gasteiger partial charge in [0.05, 0.1) is 12.7 Å². The van der Waals surface area contributed by atoms with Crippen molar-refractivity contribution in [3.63, 3.8) is 0 Å². The summed E-state index contributed by atoms with van der Waals surface area (Å²) in [6, 6.07) is 0. The zero-order valence-electron chi connectivity index (χ0n) is 11.7. The average Bonchev–Trinajstić information content (AvgIpc) is 2.38. The quantitative estimate of drug-likeness (QED) is 0.765. The number of rotatable bonds is 5. The van der Waals surface area contributed by atoms with Crippen molar-refractivity contribution in [2.75, 3.05) is 45.9 Å². The molecule has 4 heteroatoms. The molecule has 2 heterocycles. The largest absolute Gasteiger partial charge is 0.392 e. The summed E-state index contributed by atoms with van der Waals surface area (Å²) in [5.41, 5.74) is 0.255. The van der Waals surface area contributed by atoms with Gasteiger partial charge in [-0.15, -0.1) is 0 Å². The zero-order chi connectivity index (χ0) is 12.8. The molecule has 0 aromatic carbocycles. The van der Waals surface area contributed by atoms with Crippen LogP contribution in [0, 0.1) is 5.41 Å². The number of likely N-dealkylation sites (tertiary alicyclic amines) is 1. The average molecular weight is 256 g/mol. The van der Waals surface area contributed by atoms with E-state index >= 15 is 0 Å². The van der Waals surface area contributed by atoms with E-state index in [1.807, 2.05) is 0 Å². The van der Waals surface area contributed by atoms with E-state index in [1.54, 1.807) is 0 Å².